The summed E-state index contributed by atoms with van der Waals surface area (Å²) in [6.45, 7) is 2.64. The molecule has 0 fully saturated rings. The Labute approximate surface area is 197 Å². The highest BCUT2D eigenvalue weighted by Gasteiger charge is 2.15. The highest BCUT2D eigenvalue weighted by molar-refractivity contribution is 5.81. The lowest BCUT2D eigenvalue weighted by Gasteiger charge is -2.15. The van der Waals surface area contributed by atoms with Gasteiger partial charge in [-0.1, -0.05) is 18.2 Å². The lowest BCUT2D eigenvalue weighted by Crippen LogP contribution is -2.27. The maximum absolute atomic E-state index is 12.8. The second-order valence-corrected chi connectivity index (χ2v) is 8.42. The number of carbonyl (C=O) groups is 1. The lowest BCUT2D eigenvalue weighted by atomic mass is 10.1. The van der Waals surface area contributed by atoms with Gasteiger partial charge < -0.3 is 19.6 Å². The molecule has 1 amide bonds. The number of nitrogens with zero attached hydrogens (tertiary/aromatic N) is 3. The molecule has 7 nitrogen and oxygen atoms in total. The topological polar surface area (TPSA) is 84.8 Å². The normalized spacial score (nSPS) is 12.2. The molecule has 5 rings (SSSR count). The zero-order chi connectivity index (χ0) is 23.5. The number of aromatic nitrogens is 4. The average molecular weight is 454 g/mol. The first-order valence-electron chi connectivity index (χ1n) is 11.4. The van der Waals surface area contributed by atoms with E-state index in [1.54, 1.807) is 13.3 Å². The van der Waals surface area contributed by atoms with Gasteiger partial charge in [0.1, 0.15) is 17.1 Å². The first-order valence-corrected chi connectivity index (χ1v) is 11.4. The number of hydrogen-bond acceptors (Lipinski definition) is 4. The largest absolute Gasteiger partial charge is 0.497 e. The molecule has 1 atom stereocenters. The van der Waals surface area contributed by atoms with Crippen molar-refractivity contribution < 1.29 is 9.53 Å². The summed E-state index contributed by atoms with van der Waals surface area (Å²) in [6.07, 6.45) is 4.57. The molecule has 5 aromatic rings. The van der Waals surface area contributed by atoms with Gasteiger partial charge in [0.2, 0.25) is 5.91 Å². The molecule has 0 aliphatic rings. The smallest absolute Gasteiger partial charge is 0.220 e. The monoisotopic (exact) mass is 453 g/mol. The van der Waals surface area contributed by atoms with Crippen molar-refractivity contribution in [1.82, 2.24) is 24.8 Å². The molecular formula is C27H27N5O2. The van der Waals surface area contributed by atoms with E-state index in [2.05, 4.69) is 25.9 Å². The van der Waals surface area contributed by atoms with Crippen LogP contribution >= 0.6 is 0 Å². The minimum absolute atomic E-state index is 0.00215. The molecule has 0 aliphatic heterocycles. The number of rotatable bonds is 8. The highest BCUT2D eigenvalue weighted by atomic mass is 16.5. The molecule has 34 heavy (non-hydrogen) atoms. The van der Waals surface area contributed by atoms with Gasteiger partial charge in [-0.2, -0.15) is 0 Å². The number of carbonyl (C=O) groups excluding carboxylic acids is 1. The van der Waals surface area contributed by atoms with Crippen LogP contribution in [0.5, 0.6) is 5.75 Å². The van der Waals surface area contributed by atoms with Crippen LogP contribution in [0.2, 0.25) is 0 Å². The van der Waals surface area contributed by atoms with Crippen molar-refractivity contribution in [2.75, 3.05) is 7.11 Å². The maximum Gasteiger partial charge on any atom is 0.220 e. The van der Waals surface area contributed by atoms with E-state index in [-0.39, 0.29) is 11.9 Å². The number of fused-ring (bicyclic) bond motifs is 2. The van der Waals surface area contributed by atoms with E-state index in [0.717, 1.165) is 44.8 Å². The van der Waals surface area contributed by atoms with E-state index < -0.39 is 0 Å². The summed E-state index contributed by atoms with van der Waals surface area (Å²) in [4.78, 5) is 25.3. The molecule has 172 valence electrons. The Morgan fingerprint density at radius 1 is 1.15 bits per heavy atom. The summed E-state index contributed by atoms with van der Waals surface area (Å²) in [5.41, 5.74) is 4.94. The van der Waals surface area contributed by atoms with Gasteiger partial charge in [0.15, 0.2) is 5.65 Å². The molecule has 0 aliphatic carbocycles. The number of amides is 1. The van der Waals surface area contributed by atoms with E-state index in [4.69, 9.17) is 9.72 Å². The van der Waals surface area contributed by atoms with Crippen molar-refractivity contribution in [2.45, 2.75) is 32.4 Å². The molecule has 2 N–H and O–H groups in total. The summed E-state index contributed by atoms with van der Waals surface area (Å²) in [6, 6.07) is 20.0. The van der Waals surface area contributed by atoms with Crippen molar-refractivity contribution >= 4 is 28.0 Å². The van der Waals surface area contributed by atoms with Crippen molar-refractivity contribution in [2.24, 2.45) is 0 Å². The van der Waals surface area contributed by atoms with Crippen LogP contribution < -0.4 is 10.1 Å². The molecular weight excluding hydrogens is 426 g/mol. The Bertz CT molecular complexity index is 1430. The highest BCUT2D eigenvalue weighted by Crippen LogP contribution is 2.21. The van der Waals surface area contributed by atoms with E-state index in [1.807, 2.05) is 67.7 Å². The Balaban J connectivity index is 1.29. The molecule has 0 bridgehead atoms. The van der Waals surface area contributed by atoms with Gasteiger partial charge >= 0.3 is 0 Å². The fourth-order valence-electron chi connectivity index (χ4n) is 4.24. The van der Waals surface area contributed by atoms with Gasteiger partial charge in [-0.25, -0.2) is 9.97 Å². The number of hydrogen-bond donors (Lipinski definition) is 2. The van der Waals surface area contributed by atoms with Gasteiger partial charge in [-0.3, -0.25) is 4.79 Å². The van der Waals surface area contributed by atoms with Crippen LogP contribution in [0.25, 0.3) is 22.1 Å². The predicted octanol–water partition coefficient (Wildman–Crippen LogP) is 4.78. The quantitative estimate of drug-likeness (QED) is 0.354. The van der Waals surface area contributed by atoms with Crippen molar-refractivity contribution in [3.63, 3.8) is 0 Å². The zero-order valence-corrected chi connectivity index (χ0v) is 19.3. The minimum Gasteiger partial charge on any atom is -0.497 e. The first kappa shape index (κ1) is 21.7. The Morgan fingerprint density at radius 3 is 2.82 bits per heavy atom. The van der Waals surface area contributed by atoms with Gasteiger partial charge in [-0.15, -0.1) is 0 Å². The number of nitrogens with one attached hydrogen (secondary N) is 2. The Morgan fingerprint density at radius 2 is 2.00 bits per heavy atom. The first-order chi connectivity index (χ1) is 16.6. The number of pyridine rings is 1. The van der Waals surface area contributed by atoms with Crippen LogP contribution in [0.3, 0.4) is 0 Å². The van der Waals surface area contributed by atoms with Crippen LogP contribution in [0.4, 0.5) is 0 Å². The third-order valence-electron chi connectivity index (χ3n) is 6.11. The molecule has 0 saturated carbocycles. The van der Waals surface area contributed by atoms with Gasteiger partial charge in [0.25, 0.3) is 0 Å². The maximum atomic E-state index is 12.8. The molecule has 2 aromatic carbocycles. The molecule has 0 spiro atoms. The number of benzene rings is 2. The Kier molecular flexibility index (Phi) is 5.99. The number of ether oxygens (including phenoxy) is 1. The van der Waals surface area contributed by atoms with Crippen LogP contribution in [0.15, 0.2) is 73.1 Å². The van der Waals surface area contributed by atoms with Crippen molar-refractivity contribution in [1.29, 1.82) is 0 Å². The third-order valence-corrected chi connectivity index (χ3v) is 6.11. The second-order valence-electron chi connectivity index (χ2n) is 8.42. The third kappa shape index (κ3) is 4.50. The summed E-state index contributed by atoms with van der Waals surface area (Å²) in [7, 11) is 1.66. The average Bonchev–Trinajstić information content (AvgIpc) is 3.47. The molecule has 0 radical (unpaired) electrons. The molecule has 3 aromatic heterocycles. The molecule has 1 unspecified atom stereocenters. The summed E-state index contributed by atoms with van der Waals surface area (Å²) >= 11 is 0. The van der Waals surface area contributed by atoms with E-state index in [1.165, 1.54) is 0 Å². The number of aryl methyl sites for hydroxylation is 1. The van der Waals surface area contributed by atoms with E-state index in [0.29, 0.717) is 19.4 Å². The van der Waals surface area contributed by atoms with Crippen LogP contribution in [0.1, 0.15) is 36.3 Å². The zero-order valence-electron chi connectivity index (χ0n) is 19.3. The standard InChI is InChI=1S/C27H27N5O2/c1-18(20-7-10-23-21(16-20)13-15-28-23)30-26(33)12-11-25-31-24-4-3-14-29-27(24)32(25)17-19-5-8-22(34-2)9-6-19/h3-10,13-16,18,28H,11-12,17H2,1-2H3,(H,30,33). The summed E-state index contributed by atoms with van der Waals surface area (Å²) in [5.74, 6) is 1.66. The van der Waals surface area contributed by atoms with E-state index in [9.17, 15) is 4.79 Å². The number of imidazole rings is 1. The van der Waals surface area contributed by atoms with Crippen LogP contribution in [-0.2, 0) is 17.8 Å². The van der Waals surface area contributed by atoms with Crippen molar-refractivity contribution in [3.05, 3.63) is 90.0 Å². The van der Waals surface area contributed by atoms with Gasteiger partial charge in [0, 0.05) is 30.8 Å². The molecule has 0 saturated heterocycles. The van der Waals surface area contributed by atoms with Gasteiger partial charge in [-0.05, 0) is 65.9 Å². The Hall–Kier alpha value is -4.13. The number of methoxy groups -OCH3 is 1. The lowest BCUT2D eigenvalue weighted by molar-refractivity contribution is -0.121. The minimum atomic E-state index is -0.0772. The number of aromatic amines is 1. The van der Waals surface area contributed by atoms with Gasteiger partial charge in [0.05, 0.1) is 19.7 Å². The predicted molar refractivity (Wildman–Crippen MR) is 133 cm³/mol. The summed E-state index contributed by atoms with van der Waals surface area (Å²) in [5, 5.41) is 4.26. The van der Waals surface area contributed by atoms with Crippen LogP contribution in [0, 0.1) is 0 Å². The van der Waals surface area contributed by atoms with Crippen molar-refractivity contribution in [3.8, 4) is 5.75 Å². The van der Waals surface area contributed by atoms with Crippen LogP contribution in [-0.4, -0.2) is 32.5 Å². The number of H-pyrrole nitrogens is 1. The second kappa shape index (κ2) is 9.39. The SMILES string of the molecule is COc1ccc(Cn2c(CCC(=O)NC(C)c3ccc4[nH]ccc4c3)nc3cccnc32)cc1. The fourth-order valence-corrected chi connectivity index (χ4v) is 4.24. The molecule has 7 heteroatoms. The fraction of sp³-hybridized carbons (Fsp3) is 0.222. The molecule has 3 heterocycles. The van der Waals surface area contributed by atoms with E-state index >= 15 is 0 Å². The summed E-state index contributed by atoms with van der Waals surface area (Å²) < 4.78 is 7.36.